The molecule has 0 unspecified atom stereocenters. The van der Waals surface area contributed by atoms with E-state index in [9.17, 15) is 9.59 Å². The van der Waals surface area contributed by atoms with Crippen LogP contribution in [-0.2, 0) is 6.54 Å². The van der Waals surface area contributed by atoms with Gasteiger partial charge < -0.3 is 24.8 Å². The van der Waals surface area contributed by atoms with Crippen molar-refractivity contribution in [3.8, 4) is 11.5 Å². The smallest absolute Gasteiger partial charge is 0.271 e. The average molecular weight is 327 g/mol. The van der Waals surface area contributed by atoms with Crippen LogP contribution in [0.25, 0.3) is 10.9 Å². The fraction of sp³-hybridized carbons (Fsp3) is 0.176. The summed E-state index contributed by atoms with van der Waals surface area (Å²) >= 11 is 0. The third-order valence-electron chi connectivity index (χ3n) is 3.71. The van der Waals surface area contributed by atoms with Gasteiger partial charge in [0.2, 0.25) is 0 Å². The van der Waals surface area contributed by atoms with Crippen LogP contribution in [0.2, 0.25) is 0 Å². The van der Waals surface area contributed by atoms with Gasteiger partial charge in [0.1, 0.15) is 5.69 Å². The van der Waals surface area contributed by atoms with E-state index >= 15 is 0 Å². The molecular weight excluding hydrogens is 310 g/mol. The van der Waals surface area contributed by atoms with Crippen LogP contribution in [0.1, 0.15) is 5.56 Å². The highest BCUT2D eigenvalue weighted by Gasteiger charge is 2.09. The Morgan fingerprint density at radius 3 is 2.50 bits per heavy atom. The molecule has 0 bridgehead atoms. The lowest BCUT2D eigenvalue weighted by Crippen LogP contribution is -2.18. The molecule has 0 saturated carbocycles. The minimum Gasteiger partial charge on any atom is -0.493 e. The molecule has 2 heterocycles. The van der Waals surface area contributed by atoms with Crippen LogP contribution in [-0.4, -0.2) is 24.2 Å². The average Bonchev–Trinajstić information content (AvgIpc) is 2.60. The van der Waals surface area contributed by atoms with Crippen molar-refractivity contribution in [2.75, 3.05) is 19.5 Å². The van der Waals surface area contributed by atoms with Gasteiger partial charge in [0.05, 0.1) is 19.7 Å². The number of fused-ring (bicyclic) bond motifs is 1. The summed E-state index contributed by atoms with van der Waals surface area (Å²) in [7, 11) is 3.09. The first kappa shape index (κ1) is 15.7. The van der Waals surface area contributed by atoms with Gasteiger partial charge in [0, 0.05) is 29.8 Å². The van der Waals surface area contributed by atoms with Crippen LogP contribution >= 0.6 is 0 Å². The highest BCUT2D eigenvalue weighted by molar-refractivity contribution is 5.83. The molecule has 0 atom stereocenters. The predicted molar refractivity (Wildman–Crippen MR) is 92.1 cm³/mol. The zero-order valence-corrected chi connectivity index (χ0v) is 13.3. The first-order chi connectivity index (χ1) is 11.6. The van der Waals surface area contributed by atoms with Gasteiger partial charge in [-0.15, -0.1) is 0 Å². The fourth-order valence-corrected chi connectivity index (χ4v) is 2.46. The number of aromatic amines is 2. The second-order valence-corrected chi connectivity index (χ2v) is 5.18. The molecule has 3 N–H and O–H groups in total. The van der Waals surface area contributed by atoms with Gasteiger partial charge in [-0.05, 0) is 24.3 Å². The van der Waals surface area contributed by atoms with Crippen LogP contribution in [0, 0.1) is 0 Å². The minimum absolute atomic E-state index is 0.227. The van der Waals surface area contributed by atoms with E-state index < -0.39 is 0 Å². The van der Waals surface area contributed by atoms with Gasteiger partial charge >= 0.3 is 0 Å². The fourth-order valence-electron chi connectivity index (χ4n) is 2.46. The third kappa shape index (κ3) is 2.96. The minimum atomic E-state index is -0.235. The van der Waals surface area contributed by atoms with Gasteiger partial charge in [0.25, 0.3) is 11.1 Å². The van der Waals surface area contributed by atoms with Gasteiger partial charge in [-0.2, -0.15) is 0 Å². The molecule has 124 valence electrons. The molecule has 24 heavy (non-hydrogen) atoms. The van der Waals surface area contributed by atoms with E-state index in [4.69, 9.17) is 9.47 Å². The van der Waals surface area contributed by atoms with Crippen LogP contribution in [0.3, 0.4) is 0 Å². The van der Waals surface area contributed by atoms with Crippen molar-refractivity contribution in [3.05, 3.63) is 62.8 Å². The van der Waals surface area contributed by atoms with Crippen LogP contribution < -0.4 is 25.9 Å². The number of hydrogen-bond acceptors (Lipinski definition) is 5. The van der Waals surface area contributed by atoms with E-state index in [0.717, 1.165) is 5.39 Å². The largest absolute Gasteiger partial charge is 0.493 e. The van der Waals surface area contributed by atoms with Crippen LogP contribution in [0.15, 0.2) is 46.1 Å². The number of methoxy groups -OCH3 is 2. The predicted octanol–water partition coefficient (Wildman–Crippen LogP) is 1.85. The maximum atomic E-state index is 12.2. The lowest BCUT2D eigenvalue weighted by molar-refractivity contribution is 0.356. The molecule has 0 amide bonds. The molecule has 0 aliphatic carbocycles. The number of aromatic nitrogens is 2. The zero-order valence-electron chi connectivity index (χ0n) is 13.3. The van der Waals surface area contributed by atoms with Crippen molar-refractivity contribution in [1.29, 1.82) is 0 Å². The number of rotatable bonds is 5. The van der Waals surface area contributed by atoms with Crippen molar-refractivity contribution in [1.82, 2.24) is 9.97 Å². The molecule has 3 aromatic rings. The molecule has 7 heteroatoms. The Morgan fingerprint density at radius 2 is 1.79 bits per heavy atom. The summed E-state index contributed by atoms with van der Waals surface area (Å²) in [5.41, 5.74) is 1.11. The molecule has 3 rings (SSSR count). The second kappa shape index (κ2) is 6.49. The number of H-pyrrole nitrogens is 2. The molecule has 1 aromatic carbocycles. The van der Waals surface area contributed by atoms with Gasteiger partial charge in [-0.25, -0.2) is 0 Å². The third-order valence-corrected chi connectivity index (χ3v) is 3.71. The number of nitrogens with one attached hydrogen (secondary N) is 3. The SMILES string of the molecule is COc1cc2cc(CNc3ccc[nH]c3=O)c(=O)[nH]c2cc1OC. The molecule has 0 fully saturated rings. The topological polar surface area (TPSA) is 96.2 Å². The van der Waals surface area contributed by atoms with E-state index in [1.807, 2.05) is 0 Å². The Labute approximate surface area is 137 Å². The maximum Gasteiger partial charge on any atom is 0.271 e. The number of pyridine rings is 2. The molecular formula is C17H17N3O4. The summed E-state index contributed by atoms with van der Waals surface area (Å²) < 4.78 is 10.5. The number of ether oxygens (including phenoxy) is 2. The van der Waals surface area contributed by atoms with E-state index in [1.165, 1.54) is 7.11 Å². The Hall–Kier alpha value is -3.22. The van der Waals surface area contributed by atoms with Crippen LogP contribution in [0.5, 0.6) is 11.5 Å². The van der Waals surface area contributed by atoms with Crippen molar-refractivity contribution >= 4 is 16.6 Å². The highest BCUT2D eigenvalue weighted by Crippen LogP contribution is 2.31. The Balaban J connectivity index is 1.97. The Bertz CT molecular complexity index is 991. The molecule has 0 saturated heterocycles. The quantitative estimate of drug-likeness (QED) is 0.664. The summed E-state index contributed by atoms with van der Waals surface area (Å²) in [6, 6.07) is 8.64. The van der Waals surface area contributed by atoms with E-state index in [2.05, 4.69) is 15.3 Å². The first-order valence-corrected chi connectivity index (χ1v) is 7.32. The number of benzene rings is 1. The van der Waals surface area contributed by atoms with E-state index in [-0.39, 0.29) is 17.7 Å². The Kier molecular flexibility index (Phi) is 4.24. The summed E-state index contributed by atoms with van der Waals surface area (Å²) in [4.78, 5) is 29.3. The number of anilines is 1. The molecule has 7 nitrogen and oxygen atoms in total. The van der Waals surface area contributed by atoms with Crippen molar-refractivity contribution < 1.29 is 9.47 Å². The summed E-state index contributed by atoms with van der Waals surface area (Å²) in [6.07, 6.45) is 1.55. The monoisotopic (exact) mass is 327 g/mol. The summed E-state index contributed by atoms with van der Waals surface area (Å²) in [6.45, 7) is 0.229. The molecule has 2 aromatic heterocycles. The standard InChI is InChI=1S/C17H17N3O4/c1-23-14-7-10-6-11(9-19-12-4-3-5-18-17(12)22)16(21)20-13(10)8-15(14)24-2/h3-8,19H,9H2,1-2H3,(H,18,22)(H,20,21). The molecule has 0 aliphatic rings. The summed E-state index contributed by atoms with van der Waals surface area (Å²) in [5.74, 6) is 1.12. The molecule has 0 radical (unpaired) electrons. The normalized spacial score (nSPS) is 10.6. The van der Waals surface area contributed by atoms with Crippen molar-refractivity contribution in [3.63, 3.8) is 0 Å². The number of hydrogen-bond donors (Lipinski definition) is 3. The second-order valence-electron chi connectivity index (χ2n) is 5.18. The lowest BCUT2D eigenvalue weighted by Gasteiger charge is -2.10. The van der Waals surface area contributed by atoms with Crippen molar-refractivity contribution in [2.24, 2.45) is 0 Å². The lowest BCUT2D eigenvalue weighted by atomic mass is 10.1. The zero-order chi connectivity index (χ0) is 17.1. The summed E-state index contributed by atoms with van der Waals surface area (Å²) in [5, 5.41) is 3.78. The highest BCUT2D eigenvalue weighted by atomic mass is 16.5. The van der Waals surface area contributed by atoms with Crippen molar-refractivity contribution in [2.45, 2.75) is 6.54 Å². The Morgan fingerprint density at radius 1 is 1.04 bits per heavy atom. The maximum absolute atomic E-state index is 12.2. The van der Waals surface area contributed by atoms with E-state index in [0.29, 0.717) is 28.3 Å². The van der Waals surface area contributed by atoms with Gasteiger partial charge in [-0.1, -0.05) is 0 Å². The molecule has 0 spiro atoms. The molecule has 0 aliphatic heterocycles. The van der Waals surface area contributed by atoms with Gasteiger partial charge in [-0.3, -0.25) is 9.59 Å². The van der Waals surface area contributed by atoms with E-state index in [1.54, 1.807) is 43.6 Å². The first-order valence-electron chi connectivity index (χ1n) is 7.32. The van der Waals surface area contributed by atoms with Gasteiger partial charge in [0.15, 0.2) is 11.5 Å². The van der Waals surface area contributed by atoms with Crippen LogP contribution in [0.4, 0.5) is 5.69 Å².